The molecule has 1 atom stereocenters. The van der Waals surface area contributed by atoms with Gasteiger partial charge in [-0.3, -0.25) is 14.5 Å². The highest BCUT2D eigenvalue weighted by Gasteiger charge is 2.34. The molecule has 0 saturated carbocycles. The number of nitrogens with one attached hydrogen (secondary N) is 1. The maximum Gasteiger partial charge on any atom is 0.238 e. The second kappa shape index (κ2) is 7.54. The summed E-state index contributed by atoms with van der Waals surface area (Å²) >= 11 is 1.62. The summed E-state index contributed by atoms with van der Waals surface area (Å²) in [7, 11) is 0. The van der Waals surface area contributed by atoms with Crippen LogP contribution in [0.4, 0.5) is 11.4 Å². The molecule has 3 rings (SSSR count). The lowest BCUT2D eigenvalue weighted by Crippen LogP contribution is -2.28. The Morgan fingerprint density at radius 2 is 1.85 bits per heavy atom. The van der Waals surface area contributed by atoms with Crippen molar-refractivity contribution >= 4 is 35.0 Å². The summed E-state index contributed by atoms with van der Waals surface area (Å²) in [6.45, 7) is 7.82. The molecule has 1 aliphatic rings. The molecule has 0 bridgehead atoms. The minimum absolute atomic E-state index is 0.0107. The molecule has 2 aromatic rings. The fourth-order valence-electron chi connectivity index (χ4n) is 3.10. The van der Waals surface area contributed by atoms with Gasteiger partial charge in [-0.1, -0.05) is 32.0 Å². The first kappa shape index (κ1) is 18.5. The van der Waals surface area contributed by atoms with Crippen molar-refractivity contribution in [3.8, 4) is 0 Å². The Labute approximate surface area is 159 Å². The zero-order valence-corrected chi connectivity index (χ0v) is 16.4. The summed E-state index contributed by atoms with van der Waals surface area (Å²) in [5.74, 6) is 0.484. The van der Waals surface area contributed by atoms with E-state index in [0.29, 0.717) is 5.75 Å². The van der Waals surface area contributed by atoms with Crippen molar-refractivity contribution in [1.29, 1.82) is 0 Å². The number of benzene rings is 2. The first-order chi connectivity index (χ1) is 12.3. The van der Waals surface area contributed by atoms with Crippen molar-refractivity contribution in [2.45, 2.75) is 33.1 Å². The monoisotopic (exact) mass is 368 g/mol. The van der Waals surface area contributed by atoms with Gasteiger partial charge >= 0.3 is 0 Å². The molecular formula is C21H24N2O2S. The number of carbonyl (C=O) groups excluding carboxylic acids is 2. The van der Waals surface area contributed by atoms with Gasteiger partial charge in [0.25, 0.3) is 0 Å². The Kier molecular flexibility index (Phi) is 5.37. The number of hydrogen-bond donors (Lipinski definition) is 1. The average molecular weight is 369 g/mol. The maximum atomic E-state index is 12.6. The SMILES string of the molecule is Cc1cc(C)cc(N2C(=O)CS[C@H]2c2cccc(NC(=O)C(C)C)c2)c1. The van der Waals surface area contributed by atoms with Crippen molar-refractivity contribution in [2.24, 2.45) is 5.92 Å². The van der Waals surface area contributed by atoms with Crippen molar-refractivity contribution < 1.29 is 9.59 Å². The van der Waals surface area contributed by atoms with Crippen LogP contribution >= 0.6 is 11.8 Å². The largest absolute Gasteiger partial charge is 0.326 e. The molecule has 0 aromatic heterocycles. The third-order valence-corrected chi connectivity index (χ3v) is 5.53. The molecule has 2 amide bonds. The zero-order valence-electron chi connectivity index (χ0n) is 15.6. The second-order valence-electron chi connectivity index (χ2n) is 7.04. The molecule has 1 heterocycles. The van der Waals surface area contributed by atoms with Crippen LogP contribution in [0.3, 0.4) is 0 Å². The lowest BCUT2D eigenvalue weighted by Gasteiger charge is -2.25. The number of thioether (sulfide) groups is 1. The number of amides is 2. The molecule has 0 aliphatic carbocycles. The predicted molar refractivity (Wildman–Crippen MR) is 109 cm³/mol. The van der Waals surface area contributed by atoms with Gasteiger partial charge in [-0.15, -0.1) is 11.8 Å². The van der Waals surface area contributed by atoms with E-state index in [0.717, 1.165) is 28.1 Å². The highest BCUT2D eigenvalue weighted by atomic mass is 32.2. The van der Waals surface area contributed by atoms with Crippen LogP contribution in [0.5, 0.6) is 0 Å². The number of aryl methyl sites for hydroxylation is 2. The Bertz CT molecular complexity index is 827. The van der Waals surface area contributed by atoms with Crippen molar-refractivity contribution in [2.75, 3.05) is 16.0 Å². The minimum atomic E-state index is -0.0837. The van der Waals surface area contributed by atoms with E-state index in [1.54, 1.807) is 11.8 Å². The first-order valence-corrected chi connectivity index (χ1v) is 9.83. The van der Waals surface area contributed by atoms with Gasteiger partial charge in [0, 0.05) is 17.3 Å². The quantitative estimate of drug-likeness (QED) is 0.853. The molecular weight excluding hydrogens is 344 g/mol. The highest BCUT2D eigenvalue weighted by molar-refractivity contribution is 8.00. The Morgan fingerprint density at radius 1 is 1.15 bits per heavy atom. The van der Waals surface area contributed by atoms with Crippen LogP contribution in [0, 0.1) is 19.8 Å². The van der Waals surface area contributed by atoms with Crippen molar-refractivity contribution in [1.82, 2.24) is 0 Å². The molecule has 4 nitrogen and oxygen atoms in total. The number of nitrogens with zero attached hydrogens (tertiary/aromatic N) is 1. The van der Waals surface area contributed by atoms with E-state index in [9.17, 15) is 9.59 Å². The normalized spacial score (nSPS) is 17.0. The molecule has 5 heteroatoms. The third-order valence-electron chi connectivity index (χ3n) is 4.32. The lowest BCUT2D eigenvalue weighted by atomic mass is 10.1. The van der Waals surface area contributed by atoms with Crippen molar-refractivity contribution in [3.63, 3.8) is 0 Å². The van der Waals surface area contributed by atoms with E-state index in [4.69, 9.17) is 0 Å². The second-order valence-corrected chi connectivity index (χ2v) is 8.11. The van der Waals surface area contributed by atoms with Crippen LogP contribution in [-0.4, -0.2) is 17.6 Å². The van der Waals surface area contributed by atoms with E-state index >= 15 is 0 Å². The van der Waals surface area contributed by atoms with E-state index < -0.39 is 0 Å². The summed E-state index contributed by atoms with van der Waals surface area (Å²) in [4.78, 5) is 26.4. The number of carbonyl (C=O) groups is 2. The van der Waals surface area contributed by atoms with E-state index in [1.807, 2.05) is 69.0 Å². The van der Waals surface area contributed by atoms with Crippen LogP contribution in [0.2, 0.25) is 0 Å². The maximum absolute atomic E-state index is 12.6. The summed E-state index contributed by atoms with van der Waals surface area (Å²) in [6, 6.07) is 14.0. The van der Waals surface area contributed by atoms with Gasteiger partial charge in [0.05, 0.1) is 5.75 Å². The van der Waals surface area contributed by atoms with Gasteiger partial charge in [0.2, 0.25) is 11.8 Å². The zero-order chi connectivity index (χ0) is 18.8. The Hall–Kier alpha value is -2.27. The third kappa shape index (κ3) is 3.93. The van der Waals surface area contributed by atoms with Gasteiger partial charge in [0.15, 0.2) is 0 Å². The van der Waals surface area contributed by atoms with Gasteiger partial charge in [-0.25, -0.2) is 0 Å². The number of anilines is 2. The van der Waals surface area contributed by atoms with Crippen LogP contribution in [0.1, 0.15) is 35.9 Å². The average Bonchev–Trinajstić information content (AvgIpc) is 2.95. The molecule has 0 unspecified atom stereocenters. The van der Waals surface area contributed by atoms with E-state index in [1.165, 1.54) is 0 Å². The molecule has 0 spiro atoms. The lowest BCUT2D eigenvalue weighted by molar-refractivity contribution is -0.119. The summed E-state index contributed by atoms with van der Waals surface area (Å²) < 4.78 is 0. The molecule has 0 radical (unpaired) electrons. The molecule has 2 aromatic carbocycles. The summed E-state index contributed by atoms with van der Waals surface area (Å²) in [5.41, 5.74) is 4.99. The fourth-order valence-corrected chi connectivity index (χ4v) is 4.26. The van der Waals surface area contributed by atoms with Crippen LogP contribution < -0.4 is 10.2 Å². The highest BCUT2D eigenvalue weighted by Crippen LogP contribution is 2.42. The number of hydrogen-bond acceptors (Lipinski definition) is 3. The van der Waals surface area contributed by atoms with E-state index in [2.05, 4.69) is 11.4 Å². The molecule has 1 aliphatic heterocycles. The Balaban J connectivity index is 1.92. The van der Waals surface area contributed by atoms with Crippen LogP contribution in [0.15, 0.2) is 42.5 Å². The molecule has 136 valence electrons. The van der Waals surface area contributed by atoms with Crippen LogP contribution in [0.25, 0.3) is 0 Å². The molecule has 26 heavy (non-hydrogen) atoms. The van der Waals surface area contributed by atoms with Gasteiger partial charge in [0.1, 0.15) is 5.37 Å². The Morgan fingerprint density at radius 3 is 2.50 bits per heavy atom. The standard InChI is InChI=1S/C21H24N2O2S/c1-13(2)20(25)22-17-7-5-6-16(11-17)21-23(19(24)12-26-21)18-9-14(3)8-15(4)10-18/h5-11,13,21H,12H2,1-4H3,(H,22,25)/t21-/m0/s1. The first-order valence-electron chi connectivity index (χ1n) is 8.78. The topological polar surface area (TPSA) is 49.4 Å². The fraction of sp³-hybridized carbons (Fsp3) is 0.333. The summed E-state index contributed by atoms with van der Waals surface area (Å²) in [5, 5.41) is 2.85. The number of rotatable bonds is 4. The molecule has 1 fully saturated rings. The van der Waals surface area contributed by atoms with Gasteiger partial charge < -0.3 is 5.32 Å². The minimum Gasteiger partial charge on any atom is -0.326 e. The molecule has 1 saturated heterocycles. The predicted octanol–water partition coefficient (Wildman–Crippen LogP) is 4.68. The van der Waals surface area contributed by atoms with Gasteiger partial charge in [-0.2, -0.15) is 0 Å². The van der Waals surface area contributed by atoms with Gasteiger partial charge in [-0.05, 0) is 54.8 Å². The smallest absolute Gasteiger partial charge is 0.238 e. The van der Waals surface area contributed by atoms with Crippen molar-refractivity contribution in [3.05, 3.63) is 59.2 Å². The molecule has 1 N–H and O–H groups in total. The summed E-state index contributed by atoms with van der Waals surface area (Å²) in [6.07, 6.45) is 0. The van der Waals surface area contributed by atoms with E-state index in [-0.39, 0.29) is 23.1 Å². The van der Waals surface area contributed by atoms with Crippen LogP contribution in [-0.2, 0) is 9.59 Å².